The minimum absolute atomic E-state index is 0.0325. The zero-order valence-corrected chi connectivity index (χ0v) is 13.4. The van der Waals surface area contributed by atoms with Gasteiger partial charge in [-0.3, -0.25) is 9.89 Å². The van der Waals surface area contributed by atoms with Crippen LogP contribution in [0.3, 0.4) is 0 Å². The number of ether oxygens (including phenoxy) is 1. The first-order chi connectivity index (χ1) is 11.2. The summed E-state index contributed by atoms with van der Waals surface area (Å²) in [6.45, 7) is 0.327. The number of thiophene rings is 1. The maximum absolute atomic E-state index is 11.9. The number of carbonyl (C=O) groups excluding carboxylic acids is 1. The van der Waals surface area contributed by atoms with Crippen LogP contribution in [0.25, 0.3) is 11.4 Å². The summed E-state index contributed by atoms with van der Waals surface area (Å²) in [6, 6.07) is 11.4. The second-order valence-electron chi connectivity index (χ2n) is 4.87. The molecular formula is C16H16N4O2S. The van der Waals surface area contributed by atoms with E-state index in [0.717, 1.165) is 16.2 Å². The Bertz CT molecular complexity index is 766. The van der Waals surface area contributed by atoms with Crippen molar-refractivity contribution in [3.8, 4) is 17.1 Å². The summed E-state index contributed by atoms with van der Waals surface area (Å²) >= 11 is 1.57. The summed E-state index contributed by atoms with van der Waals surface area (Å²) in [4.78, 5) is 17.3. The standard InChI is InChI=1S/C16H16N4O2S/c1-22-12-6-4-11(5-7-12)16-18-14(19-20-16)10-17-15(21)9-13-3-2-8-23-13/h2-8H,9-10H2,1H3,(H,17,21)(H,18,19,20). The molecule has 0 unspecified atom stereocenters. The number of nitrogens with zero attached hydrogens (tertiary/aromatic N) is 2. The molecule has 2 aromatic heterocycles. The summed E-state index contributed by atoms with van der Waals surface area (Å²) in [7, 11) is 1.62. The van der Waals surface area contributed by atoms with E-state index in [1.165, 1.54) is 0 Å². The summed E-state index contributed by atoms with van der Waals surface area (Å²) in [5, 5.41) is 11.8. The minimum Gasteiger partial charge on any atom is -0.497 e. The van der Waals surface area contributed by atoms with E-state index in [0.29, 0.717) is 24.6 Å². The molecular weight excluding hydrogens is 312 g/mol. The van der Waals surface area contributed by atoms with Crippen LogP contribution >= 0.6 is 11.3 Å². The fraction of sp³-hybridized carbons (Fsp3) is 0.188. The lowest BCUT2D eigenvalue weighted by Crippen LogP contribution is -2.24. The lowest BCUT2D eigenvalue weighted by atomic mass is 10.2. The van der Waals surface area contributed by atoms with Gasteiger partial charge in [-0.15, -0.1) is 11.3 Å². The lowest BCUT2D eigenvalue weighted by Gasteiger charge is -2.01. The third kappa shape index (κ3) is 3.95. The fourth-order valence-corrected chi connectivity index (χ4v) is 2.76. The molecule has 3 rings (SSSR count). The van der Waals surface area contributed by atoms with Crippen molar-refractivity contribution in [3.05, 3.63) is 52.5 Å². The number of benzene rings is 1. The largest absolute Gasteiger partial charge is 0.497 e. The molecule has 0 aliphatic rings. The normalized spacial score (nSPS) is 10.5. The van der Waals surface area contributed by atoms with Crippen molar-refractivity contribution in [1.29, 1.82) is 0 Å². The number of hydrogen-bond acceptors (Lipinski definition) is 5. The monoisotopic (exact) mass is 328 g/mol. The zero-order chi connectivity index (χ0) is 16.1. The molecule has 0 radical (unpaired) electrons. The molecule has 23 heavy (non-hydrogen) atoms. The summed E-state index contributed by atoms with van der Waals surface area (Å²) < 4.78 is 5.12. The second kappa shape index (κ2) is 7.06. The molecule has 0 saturated carbocycles. The topological polar surface area (TPSA) is 79.9 Å². The van der Waals surface area contributed by atoms with Crippen molar-refractivity contribution in [2.45, 2.75) is 13.0 Å². The molecule has 2 heterocycles. The molecule has 118 valence electrons. The number of aromatic nitrogens is 3. The first kappa shape index (κ1) is 15.2. The van der Waals surface area contributed by atoms with Crippen LogP contribution in [0.2, 0.25) is 0 Å². The van der Waals surface area contributed by atoms with E-state index >= 15 is 0 Å². The van der Waals surface area contributed by atoms with Gasteiger partial charge in [0.25, 0.3) is 0 Å². The maximum atomic E-state index is 11.9. The average Bonchev–Trinajstić information content (AvgIpc) is 3.25. The molecule has 3 aromatic rings. The van der Waals surface area contributed by atoms with Crippen molar-refractivity contribution >= 4 is 17.2 Å². The van der Waals surface area contributed by atoms with Crippen LogP contribution < -0.4 is 10.1 Å². The lowest BCUT2D eigenvalue weighted by molar-refractivity contribution is -0.120. The molecule has 0 fully saturated rings. The molecule has 6 nitrogen and oxygen atoms in total. The van der Waals surface area contributed by atoms with Gasteiger partial charge in [0.15, 0.2) is 5.82 Å². The molecule has 0 spiro atoms. The number of amides is 1. The van der Waals surface area contributed by atoms with Crippen LogP contribution in [0.1, 0.15) is 10.7 Å². The number of nitrogens with one attached hydrogen (secondary N) is 2. The van der Waals surface area contributed by atoms with E-state index < -0.39 is 0 Å². The van der Waals surface area contributed by atoms with E-state index in [1.807, 2.05) is 41.8 Å². The van der Waals surface area contributed by atoms with E-state index in [-0.39, 0.29) is 5.91 Å². The Kier molecular flexibility index (Phi) is 4.68. The van der Waals surface area contributed by atoms with E-state index in [4.69, 9.17) is 4.74 Å². The molecule has 0 aliphatic heterocycles. The highest BCUT2D eigenvalue weighted by Gasteiger charge is 2.08. The third-order valence-electron chi connectivity index (χ3n) is 3.25. The van der Waals surface area contributed by atoms with Crippen molar-refractivity contribution < 1.29 is 9.53 Å². The van der Waals surface area contributed by atoms with Crippen LogP contribution in [0, 0.1) is 0 Å². The van der Waals surface area contributed by atoms with Gasteiger partial charge >= 0.3 is 0 Å². The van der Waals surface area contributed by atoms with Crippen molar-refractivity contribution in [2.24, 2.45) is 0 Å². The van der Waals surface area contributed by atoms with Crippen LogP contribution in [0.4, 0.5) is 0 Å². The van der Waals surface area contributed by atoms with E-state index in [1.54, 1.807) is 18.4 Å². The van der Waals surface area contributed by atoms with Gasteiger partial charge in [-0.25, -0.2) is 4.98 Å². The Morgan fingerprint density at radius 3 is 2.83 bits per heavy atom. The average molecular weight is 328 g/mol. The number of methoxy groups -OCH3 is 1. The van der Waals surface area contributed by atoms with Gasteiger partial charge in [0, 0.05) is 10.4 Å². The molecule has 7 heteroatoms. The van der Waals surface area contributed by atoms with Gasteiger partial charge in [-0.1, -0.05) is 6.07 Å². The molecule has 0 saturated heterocycles. The predicted octanol–water partition coefficient (Wildman–Crippen LogP) is 2.40. The van der Waals surface area contributed by atoms with E-state index in [9.17, 15) is 4.79 Å². The number of rotatable bonds is 6. The molecule has 2 N–H and O–H groups in total. The summed E-state index contributed by atoms with van der Waals surface area (Å²) in [5.41, 5.74) is 0.887. The summed E-state index contributed by atoms with van der Waals surface area (Å²) in [6.07, 6.45) is 0.386. The SMILES string of the molecule is COc1ccc(-c2n[nH]c(CNC(=O)Cc3cccs3)n2)cc1. The molecule has 1 aromatic carbocycles. The van der Waals surface area contributed by atoms with Gasteiger partial charge in [-0.05, 0) is 35.7 Å². The quantitative estimate of drug-likeness (QED) is 0.728. The minimum atomic E-state index is -0.0325. The molecule has 0 aliphatic carbocycles. The molecule has 0 bridgehead atoms. The van der Waals surface area contributed by atoms with Gasteiger partial charge in [0.05, 0.1) is 20.1 Å². The number of hydrogen-bond donors (Lipinski definition) is 2. The first-order valence-electron chi connectivity index (χ1n) is 7.09. The summed E-state index contributed by atoms with van der Waals surface area (Å²) in [5.74, 6) is 1.96. The Balaban J connectivity index is 1.57. The smallest absolute Gasteiger partial charge is 0.225 e. The van der Waals surface area contributed by atoms with Crippen LogP contribution in [-0.4, -0.2) is 28.2 Å². The third-order valence-corrected chi connectivity index (χ3v) is 4.12. The Morgan fingerprint density at radius 1 is 1.30 bits per heavy atom. The van der Waals surface area contributed by atoms with Gasteiger partial charge in [0.2, 0.25) is 5.91 Å². The Labute approximate surface area is 137 Å². The van der Waals surface area contributed by atoms with Gasteiger partial charge < -0.3 is 10.1 Å². The van der Waals surface area contributed by atoms with Crippen LogP contribution in [-0.2, 0) is 17.8 Å². The zero-order valence-electron chi connectivity index (χ0n) is 12.6. The fourth-order valence-electron chi connectivity index (χ4n) is 2.06. The Morgan fingerprint density at radius 2 is 2.13 bits per heavy atom. The van der Waals surface area contributed by atoms with Crippen LogP contribution in [0.5, 0.6) is 5.75 Å². The van der Waals surface area contributed by atoms with Gasteiger partial charge in [0.1, 0.15) is 11.6 Å². The second-order valence-corrected chi connectivity index (χ2v) is 5.90. The van der Waals surface area contributed by atoms with Crippen molar-refractivity contribution in [2.75, 3.05) is 7.11 Å². The highest BCUT2D eigenvalue weighted by molar-refractivity contribution is 7.10. The van der Waals surface area contributed by atoms with Gasteiger partial charge in [-0.2, -0.15) is 5.10 Å². The Hall–Kier alpha value is -2.67. The number of aromatic amines is 1. The highest BCUT2D eigenvalue weighted by Crippen LogP contribution is 2.18. The number of carbonyl (C=O) groups is 1. The van der Waals surface area contributed by atoms with Crippen molar-refractivity contribution in [3.63, 3.8) is 0 Å². The predicted molar refractivity (Wildman–Crippen MR) is 88.2 cm³/mol. The number of H-pyrrole nitrogens is 1. The maximum Gasteiger partial charge on any atom is 0.225 e. The molecule has 0 atom stereocenters. The van der Waals surface area contributed by atoms with Crippen molar-refractivity contribution in [1.82, 2.24) is 20.5 Å². The first-order valence-corrected chi connectivity index (χ1v) is 7.97. The molecule has 1 amide bonds. The van der Waals surface area contributed by atoms with Crippen LogP contribution in [0.15, 0.2) is 41.8 Å². The highest BCUT2D eigenvalue weighted by atomic mass is 32.1. The van der Waals surface area contributed by atoms with E-state index in [2.05, 4.69) is 20.5 Å².